The van der Waals surface area contributed by atoms with Crippen molar-refractivity contribution in [1.29, 1.82) is 0 Å². The van der Waals surface area contributed by atoms with Crippen molar-refractivity contribution in [3.8, 4) is 11.5 Å². The average Bonchev–Trinajstić information content (AvgIpc) is 2.63. The minimum absolute atomic E-state index is 0.505. The van der Waals surface area contributed by atoms with E-state index < -0.39 is 0 Å². The van der Waals surface area contributed by atoms with Crippen LogP contribution < -0.4 is 9.47 Å². The van der Waals surface area contributed by atoms with Crippen molar-refractivity contribution >= 4 is 0 Å². The van der Waals surface area contributed by atoms with Gasteiger partial charge in [0.2, 0.25) is 0 Å². The van der Waals surface area contributed by atoms with Gasteiger partial charge in [-0.05, 0) is 55.0 Å². The van der Waals surface area contributed by atoms with Crippen LogP contribution >= 0.6 is 0 Å². The minimum atomic E-state index is 0.505. The van der Waals surface area contributed by atoms with Gasteiger partial charge in [-0.2, -0.15) is 0 Å². The zero-order valence-electron chi connectivity index (χ0n) is 16.7. The quantitative estimate of drug-likeness (QED) is 0.459. The fraction of sp³-hybridized carbons (Fsp3) is 0.417. The second kappa shape index (κ2) is 10.1. The van der Waals surface area contributed by atoms with Gasteiger partial charge in [0.15, 0.2) is 0 Å². The number of ether oxygens (including phenoxy) is 2. The molecule has 0 aliphatic heterocycles. The first-order valence-electron chi connectivity index (χ1n) is 9.62. The zero-order chi connectivity index (χ0) is 18.9. The molecule has 0 aromatic heterocycles. The van der Waals surface area contributed by atoms with Crippen LogP contribution in [-0.4, -0.2) is 6.61 Å². The molecule has 0 radical (unpaired) electrons. The second-order valence-corrected chi connectivity index (χ2v) is 7.02. The van der Waals surface area contributed by atoms with Crippen LogP contribution in [0.2, 0.25) is 0 Å². The standard InChI is InChI=1S/C24H32O2/c1-6-11-25-23-14-21(13-20(7-2)8-3)15-24(16-23)26-17-22-10-9-18(4)12-19(22)5/h6,9-10,12,14-16,20H,1,7-8,11,13,17H2,2-5H3. The van der Waals surface area contributed by atoms with Crippen LogP contribution in [-0.2, 0) is 13.0 Å². The minimum Gasteiger partial charge on any atom is -0.489 e. The van der Waals surface area contributed by atoms with Gasteiger partial charge >= 0.3 is 0 Å². The Balaban J connectivity index is 2.17. The predicted molar refractivity (Wildman–Crippen MR) is 110 cm³/mol. The molecule has 0 spiro atoms. The Hall–Kier alpha value is -2.22. The molecule has 0 bridgehead atoms. The van der Waals surface area contributed by atoms with Gasteiger partial charge in [-0.3, -0.25) is 0 Å². The van der Waals surface area contributed by atoms with E-state index in [9.17, 15) is 0 Å². The Morgan fingerprint density at radius 3 is 2.27 bits per heavy atom. The largest absolute Gasteiger partial charge is 0.489 e. The third-order valence-corrected chi connectivity index (χ3v) is 4.88. The van der Waals surface area contributed by atoms with E-state index in [4.69, 9.17) is 9.47 Å². The molecule has 0 saturated carbocycles. The van der Waals surface area contributed by atoms with Crippen molar-refractivity contribution < 1.29 is 9.47 Å². The van der Waals surface area contributed by atoms with Crippen LogP contribution in [0, 0.1) is 19.8 Å². The lowest BCUT2D eigenvalue weighted by Crippen LogP contribution is -2.04. The molecule has 26 heavy (non-hydrogen) atoms. The summed E-state index contributed by atoms with van der Waals surface area (Å²) in [6.45, 7) is 13.6. The van der Waals surface area contributed by atoms with Gasteiger partial charge in [0.05, 0.1) is 0 Å². The highest BCUT2D eigenvalue weighted by atomic mass is 16.5. The summed E-state index contributed by atoms with van der Waals surface area (Å²) in [5, 5.41) is 0. The molecule has 0 unspecified atom stereocenters. The summed E-state index contributed by atoms with van der Waals surface area (Å²) in [4.78, 5) is 0. The van der Waals surface area contributed by atoms with Crippen LogP contribution in [0.3, 0.4) is 0 Å². The molecule has 0 aliphatic rings. The molecule has 2 aromatic carbocycles. The Morgan fingerprint density at radius 2 is 1.65 bits per heavy atom. The third-order valence-electron chi connectivity index (χ3n) is 4.88. The molecule has 2 rings (SSSR count). The van der Waals surface area contributed by atoms with Gasteiger partial charge in [0.25, 0.3) is 0 Å². The fourth-order valence-electron chi connectivity index (χ4n) is 3.15. The monoisotopic (exact) mass is 352 g/mol. The molecule has 0 atom stereocenters. The summed E-state index contributed by atoms with van der Waals surface area (Å²) in [5.74, 6) is 2.41. The average molecular weight is 353 g/mol. The first-order chi connectivity index (χ1) is 12.5. The summed E-state index contributed by atoms with van der Waals surface area (Å²) < 4.78 is 11.9. The smallest absolute Gasteiger partial charge is 0.123 e. The maximum absolute atomic E-state index is 6.12. The highest BCUT2D eigenvalue weighted by molar-refractivity contribution is 5.39. The van der Waals surface area contributed by atoms with Gasteiger partial charge in [-0.15, -0.1) is 0 Å². The molecule has 0 saturated heterocycles. The lowest BCUT2D eigenvalue weighted by Gasteiger charge is -2.16. The molecule has 0 N–H and O–H groups in total. The van der Waals surface area contributed by atoms with Gasteiger partial charge in [0.1, 0.15) is 24.7 Å². The van der Waals surface area contributed by atoms with Crippen molar-refractivity contribution in [2.24, 2.45) is 5.92 Å². The second-order valence-electron chi connectivity index (χ2n) is 7.02. The van der Waals surface area contributed by atoms with Gasteiger partial charge in [-0.25, -0.2) is 0 Å². The van der Waals surface area contributed by atoms with Crippen LogP contribution in [0.25, 0.3) is 0 Å². The lowest BCUT2D eigenvalue weighted by atomic mass is 9.94. The van der Waals surface area contributed by atoms with E-state index in [1.807, 2.05) is 6.07 Å². The van der Waals surface area contributed by atoms with E-state index >= 15 is 0 Å². The Labute approximate surface area is 158 Å². The van der Waals surface area contributed by atoms with E-state index in [2.05, 4.69) is 64.6 Å². The molecule has 0 amide bonds. The van der Waals surface area contributed by atoms with E-state index in [1.165, 1.54) is 35.1 Å². The summed E-state index contributed by atoms with van der Waals surface area (Å²) in [6.07, 6.45) is 5.20. The summed E-state index contributed by atoms with van der Waals surface area (Å²) in [6, 6.07) is 12.7. The predicted octanol–water partition coefficient (Wildman–Crippen LogP) is 6.43. The summed E-state index contributed by atoms with van der Waals surface area (Å²) in [5.41, 5.74) is 5.03. The first kappa shape index (κ1) is 20.1. The number of rotatable bonds is 10. The SMILES string of the molecule is C=CCOc1cc(CC(CC)CC)cc(OCc2ccc(C)cc2C)c1. The highest BCUT2D eigenvalue weighted by Crippen LogP contribution is 2.27. The number of aryl methyl sites for hydroxylation is 2. The molecule has 0 aliphatic carbocycles. The van der Waals surface area contributed by atoms with Crippen LogP contribution in [0.1, 0.15) is 48.9 Å². The van der Waals surface area contributed by atoms with Crippen molar-refractivity contribution in [2.75, 3.05) is 6.61 Å². The van der Waals surface area contributed by atoms with E-state index in [0.29, 0.717) is 19.1 Å². The zero-order valence-corrected chi connectivity index (χ0v) is 16.7. The maximum Gasteiger partial charge on any atom is 0.123 e. The Kier molecular flexibility index (Phi) is 7.77. The van der Waals surface area contributed by atoms with Gasteiger partial charge < -0.3 is 9.47 Å². The van der Waals surface area contributed by atoms with Crippen molar-refractivity contribution in [3.05, 3.63) is 71.3 Å². The van der Waals surface area contributed by atoms with Gasteiger partial charge in [0, 0.05) is 6.07 Å². The van der Waals surface area contributed by atoms with Crippen molar-refractivity contribution in [1.82, 2.24) is 0 Å². The molecule has 0 fully saturated rings. The Morgan fingerprint density at radius 1 is 0.962 bits per heavy atom. The molecule has 140 valence electrons. The topological polar surface area (TPSA) is 18.5 Å². The van der Waals surface area contributed by atoms with E-state index in [0.717, 1.165) is 17.9 Å². The summed E-state index contributed by atoms with van der Waals surface area (Å²) in [7, 11) is 0. The van der Waals surface area contributed by atoms with E-state index in [-0.39, 0.29) is 0 Å². The van der Waals surface area contributed by atoms with E-state index in [1.54, 1.807) is 6.08 Å². The molecular formula is C24H32O2. The molecule has 0 heterocycles. The molecule has 2 nitrogen and oxygen atoms in total. The van der Waals surface area contributed by atoms with Crippen molar-refractivity contribution in [3.63, 3.8) is 0 Å². The maximum atomic E-state index is 6.12. The molecule has 2 heteroatoms. The Bertz CT molecular complexity index is 714. The van der Waals surface area contributed by atoms with Gasteiger partial charge in [-0.1, -0.05) is 63.1 Å². The fourth-order valence-corrected chi connectivity index (χ4v) is 3.15. The number of hydrogen-bond acceptors (Lipinski definition) is 2. The highest BCUT2D eigenvalue weighted by Gasteiger charge is 2.09. The van der Waals surface area contributed by atoms with Crippen molar-refractivity contribution in [2.45, 2.75) is 53.6 Å². The molecular weight excluding hydrogens is 320 g/mol. The third kappa shape index (κ3) is 5.94. The summed E-state index contributed by atoms with van der Waals surface area (Å²) >= 11 is 0. The number of benzene rings is 2. The van der Waals surface area contributed by atoms with Crippen LogP contribution in [0.4, 0.5) is 0 Å². The normalized spacial score (nSPS) is 10.8. The first-order valence-corrected chi connectivity index (χ1v) is 9.62. The number of hydrogen-bond donors (Lipinski definition) is 0. The molecule has 2 aromatic rings. The van der Waals surface area contributed by atoms with Crippen LogP contribution in [0.15, 0.2) is 49.1 Å². The lowest BCUT2D eigenvalue weighted by molar-refractivity contribution is 0.300. The van der Waals surface area contributed by atoms with Crippen LogP contribution in [0.5, 0.6) is 11.5 Å².